The Balaban J connectivity index is 1.47. The van der Waals surface area contributed by atoms with Crippen LogP contribution in [0.2, 0.25) is 0 Å². The lowest BCUT2D eigenvalue weighted by Gasteiger charge is -2.18. The average molecular weight is 312 g/mol. The zero-order valence-corrected chi connectivity index (χ0v) is 13.6. The van der Waals surface area contributed by atoms with Crippen molar-refractivity contribution >= 4 is 11.6 Å². The van der Waals surface area contributed by atoms with Gasteiger partial charge in [0.1, 0.15) is 0 Å². The normalized spacial score (nSPS) is 16.0. The quantitative estimate of drug-likeness (QED) is 0.800. The first-order valence-electron chi connectivity index (χ1n) is 8.33. The first kappa shape index (κ1) is 15.7. The van der Waals surface area contributed by atoms with Gasteiger partial charge in [-0.05, 0) is 44.0 Å². The molecular formula is C18H24N4O. The van der Waals surface area contributed by atoms with Crippen LogP contribution in [0.25, 0.3) is 0 Å². The Labute approximate surface area is 137 Å². The number of nitrogens with one attached hydrogen (secondary N) is 1. The molecule has 2 heterocycles. The first-order valence-corrected chi connectivity index (χ1v) is 8.33. The van der Waals surface area contributed by atoms with Gasteiger partial charge in [-0.2, -0.15) is 0 Å². The van der Waals surface area contributed by atoms with Gasteiger partial charge in [0.15, 0.2) is 0 Å². The van der Waals surface area contributed by atoms with Gasteiger partial charge in [0.05, 0.1) is 6.33 Å². The van der Waals surface area contributed by atoms with E-state index in [0.29, 0.717) is 12.5 Å². The maximum atomic E-state index is 11.8. The third kappa shape index (κ3) is 3.99. The van der Waals surface area contributed by atoms with Crippen molar-refractivity contribution in [2.45, 2.75) is 38.8 Å². The third-order valence-electron chi connectivity index (χ3n) is 4.38. The van der Waals surface area contributed by atoms with Crippen molar-refractivity contribution in [1.82, 2.24) is 14.9 Å². The highest BCUT2D eigenvalue weighted by Crippen LogP contribution is 2.23. The maximum absolute atomic E-state index is 11.8. The van der Waals surface area contributed by atoms with E-state index in [4.69, 9.17) is 0 Å². The van der Waals surface area contributed by atoms with Crippen LogP contribution in [0.1, 0.15) is 37.8 Å². The first-order chi connectivity index (χ1) is 11.2. The molecule has 0 aliphatic carbocycles. The summed E-state index contributed by atoms with van der Waals surface area (Å²) in [6.07, 6.45) is 8.36. The topological polar surface area (TPSA) is 50.2 Å². The van der Waals surface area contributed by atoms with Crippen molar-refractivity contribution in [2.75, 3.05) is 18.0 Å². The van der Waals surface area contributed by atoms with Gasteiger partial charge in [-0.3, -0.25) is 4.79 Å². The standard InChI is InChI=1S/C18H24N4O/c1-15(20-9-3-11-21-13-10-19-14-21)16-5-7-17(8-6-16)22-12-2-4-18(22)23/h5-8,10,13-15,20H,2-4,9,11-12H2,1H3/t15-/m0/s1. The molecule has 5 nitrogen and oxygen atoms in total. The highest BCUT2D eigenvalue weighted by Gasteiger charge is 2.21. The van der Waals surface area contributed by atoms with Crippen LogP contribution in [0.5, 0.6) is 0 Å². The van der Waals surface area contributed by atoms with E-state index < -0.39 is 0 Å². The molecule has 0 saturated carbocycles. The fourth-order valence-electron chi connectivity index (χ4n) is 2.98. The number of hydrogen-bond donors (Lipinski definition) is 1. The van der Waals surface area contributed by atoms with Gasteiger partial charge in [0.25, 0.3) is 0 Å². The second kappa shape index (κ2) is 7.42. The molecule has 0 spiro atoms. The van der Waals surface area contributed by atoms with Gasteiger partial charge in [-0.1, -0.05) is 12.1 Å². The van der Waals surface area contributed by atoms with Gasteiger partial charge >= 0.3 is 0 Å². The van der Waals surface area contributed by atoms with Crippen molar-refractivity contribution in [1.29, 1.82) is 0 Å². The number of imidazole rings is 1. The molecule has 23 heavy (non-hydrogen) atoms. The molecule has 0 bridgehead atoms. The van der Waals surface area contributed by atoms with Crippen LogP contribution in [-0.2, 0) is 11.3 Å². The fraction of sp³-hybridized carbons (Fsp3) is 0.444. The van der Waals surface area contributed by atoms with Crippen LogP contribution >= 0.6 is 0 Å². The number of carbonyl (C=O) groups excluding carboxylic acids is 1. The number of benzene rings is 1. The molecule has 3 rings (SSSR count). The summed E-state index contributed by atoms with van der Waals surface area (Å²) in [5.74, 6) is 0.239. The number of carbonyl (C=O) groups is 1. The average Bonchev–Trinajstić information content (AvgIpc) is 3.23. The van der Waals surface area contributed by atoms with E-state index >= 15 is 0 Å². The Morgan fingerprint density at radius 2 is 2.13 bits per heavy atom. The molecule has 1 N–H and O–H groups in total. The van der Waals surface area contributed by atoms with Gasteiger partial charge < -0.3 is 14.8 Å². The van der Waals surface area contributed by atoms with Crippen LogP contribution in [0.4, 0.5) is 5.69 Å². The predicted molar refractivity (Wildman–Crippen MR) is 91.3 cm³/mol. The van der Waals surface area contributed by atoms with Crippen molar-refractivity contribution in [3.05, 3.63) is 48.5 Å². The smallest absolute Gasteiger partial charge is 0.227 e. The van der Waals surface area contributed by atoms with Crippen LogP contribution in [-0.4, -0.2) is 28.5 Å². The number of aromatic nitrogens is 2. The Morgan fingerprint density at radius 3 is 2.78 bits per heavy atom. The lowest BCUT2D eigenvalue weighted by Crippen LogP contribution is -2.24. The molecule has 1 saturated heterocycles. The molecule has 1 aliphatic heterocycles. The molecule has 1 fully saturated rings. The molecule has 122 valence electrons. The Morgan fingerprint density at radius 1 is 1.30 bits per heavy atom. The minimum Gasteiger partial charge on any atom is -0.337 e. The molecule has 5 heteroatoms. The summed E-state index contributed by atoms with van der Waals surface area (Å²) in [5.41, 5.74) is 2.27. The molecular weight excluding hydrogens is 288 g/mol. The molecule has 0 unspecified atom stereocenters. The molecule has 0 radical (unpaired) electrons. The summed E-state index contributed by atoms with van der Waals surface area (Å²) < 4.78 is 2.09. The highest BCUT2D eigenvalue weighted by atomic mass is 16.2. The molecule has 1 aromatic heterocycles. The fourth-order valence-corrected chi connectivity index (χ4v) is 2.98. The number of aryl methyl sites for hydroxylation is 1. The molecule has 1 amide bonds. The van der Waals surface area contributed by atoms with Gasteiger partial charge in [-0.15, -0.1) is 0 Å². The number of hydrogen-bond acceptors (Lipinski definition) is 3. The van der Waals surface area contributed by atoms with E-state index in [1.54, 1.807) is 0 Å². The number of amides is 1. The van der Waals surface area contributed by atoms with Crippen LogP contribution in [0.15, 0.2) is 43.0 Å². The largest absolute Gasteiger partial charge is 0.337 e. The zero-order chi connectivity index (χ0) is 16.1. The van der Waals surface area contributed by atoms with Crippen molar-refractivity contribution in [3.63, 3.8) is 0 Å². The van der Waals surface area contributed by atoms with E-state index in [1.807, 2.05) is 23.6 Å². The van der Waals surface area contributed by atoms with Gasteiger partial charge in [0, 0.05) is 43.6 Å². The van der Waals surface area contributed by atoms with E-state index in [2.05, 4.69) is 46.1 Å². The van der Waals surface area contributed by atoms with Crippen molar-refractivity contribution < 1.29 is 4.79 Å². The van der Waals surface area contributed by atoms with E-state index in [0.717, 1.165) is 38.2 Å². The van der Waals surface area contributed by atoms with Gasteiger partial charge in [-0.25, -0.2) is 4.98 Å². The second-order valence-corrected chi connectivity index (χ2v) is 6.07. The second-order valence-electron chi connectivity index (χ2n) is 6.07. The number of rotatable bonds is 7. The summed E-state index contributed by atoms with van der Waals surface area (Å²) in [4.78, 5) is 17.7. The molecule has 1 atom stereocenters. The number of nitrogens with zero attached hydrogens (tertiary/aromatic N) is 3. The predicted octanol–water partition coefficient (Wildman–Crippen LogP) is 2.75. The van der Waals surface area contributed by atoms with E-state index in [9.17, 15) is 4.79 Å². The molecule has 2 aromatic rings. The summed E-state index contributed by atoms with van der Waals surface area (Å²) in [6.45, 7) is 4.97. The lowest BCUT2D eigenvalue weighted by atomic mass is 10.1. The van der Waals surface area contributed by atoms with Crippen LogP contribution in [0.3, 0.4) is 0 Å². The van der Waals surface area contributed by atoms with Crippen LogP contribution < -0.4 is 10.2 Å². The Hall–Kier alpha value is -2.14. The molecule has 1 aliphatic rings. The summed E-state index contributed by atoms with van der Waals surface area (Å²) in [6, 6.07) is 8.66. The Bertz CT molecular complexity index is 621. The van der Waals surface area contributed by atoms with Crippen molar-refractivity contribution in [3.8, 4) is 0 Å². The van der Waals surface area contributed by atoms with E-state index in [-0.39, 0.29) is 5.91 Å². The minimum absolute atomic E-state index is 0.239. The van der Waals surface area contributed by atoms with Crippen molar-refractivity contribution in [2.24, 2.45) is 0 Å². The maximum Gasteiger partial charge on any atom is 0.227 e. The third-order valence-corrected chi connectivity index (χ3v) is 4.38. The highest BCUT2D eigenvalue weighted by molar-refractivity contribution is 5.95. The van der Waals surface area contributed by atoms with E-state index in [1.165, 1.54) is 5.56 Å². The lowest BCUT2D eigenvalue weighted by molar-refractivity contribution is -0.117. The Kier molecular flexibility index (Phi) is 5.08. The van der Waals surface area contributed by atoms with Crippen LogP contribution in [0, 0.1) is 0 Å². The summed E-state index contributed by atoms with van der Waals surface area (Å²) >= 11 is 0. The summed E-state index contributed by atoms with van der Waals surface area (Å²) in [7, 11) is 0. The SMILES string of the molecule is C[C@H](NCCCn1ccnc1)c1ccc(N2CCCC2=O)cc1. The minimum atomic E-state index is 0.239. The van der Waals surface area contributed by atoms with Gasteiger partial charge in [0.2, 0.25) is 5.91 Å². The number of anilines is 1. The monoisotopic (exact) mass is 312 g/mol. The zero-order valence-electron chi connectivity index (χ0n) is 13.6. The summed E-state index contributed by atoms with van der Waals surface area (Å²) in [5, 5.41) is 3.54. The molecule has 1 aromatic carbocycles.